The van der Waals surface area contributed by atoms with Gasteiger partial charge in [0.05, 0.1) is 0 Å². The normalized spacial score (nSPS) is 12.3. The van der Waals surface area contributed by atoms with Gasteiger partial charge in [0.15, 0.2) is 0 Å². The summed E-state index contributed by atoms with van der Waals surface area (Å²) in [5, 5.41) is 12.8. The maximum Gasteiger partial charge on any atom is 0.389 e. The highest BCUT2D eigenvalue weighted by Crippen LogP contribution is 2.20. The Bertz CT molecular complexity index is 336. The maximum atomic E-state index is 11.8. The highest BCUT2D eigenvalue weighted by molar-refractivity contribution is 5.82. The molecule has 2 amide bonds. The van der Waals surface area contributed by atoms with Crippen molar-refractivity contribution in [2.75, 3.05) is 6.54 Å². The van der Waals surface area contributed by atoms with Crippen LogP contribution in [-0.2, 0) is 4.79 Å². The molecule has 1 unspecified atom stereocenters. The monoisotopic (exact) mass is 266 g/mol. The molecule has 5 nitrogen and oxygen atoms in total. The van der Waals surface area contributed by atoms with Crippen LogP contribution in [0, 0.1) is 12.3 Å². The fraction of sp³-hybridized carbons (Fsp3) is 0.600. The number of aliphatic carboxylic acids is 1. The number of terminal acetylenes is 1. The Hall–Kier alpha value is -1.91. The summed E-state index contributed by atoms with van der Waals surface area (Å²) in [5.41, 5.74) is 0. The Morgan fingerprint density at radius 1 is 1.39 bits per heavy atom. The van der Waals surface area contributed by atoms with Crippen molar-refractivity contribution in [3.8, 4) is 12.3 Å². The Morgan fingerprint density at radius 3 is 2.44 bits per heavy atom. The average molecular weight is 266 g/mol. The zero-order valence-corrected chi connectivity index (χ0v) is 9.38. The van der Waals surface area contributed by atoms with Crippen LogP contribution in [-0.4, -0.2) is 35.9 Å². The molecule has 8 heteroatoms. The van der Waals surface area contributed by atoms with Crippen molar-refractivity contribution in [3.63, 3.8) is 0 Å². The van der Waals surface area contributed by atoms with Crippen molar-refractivity contribution >= 4 is 12.0 Å². The molecule has 0 saturated carbocycles. The van der Waals surface area contributed by atoms with E-state index in [0.717, 1.165) is 0 Å². The number of urea groups is 1. The molecule has 0 saturated heterocycles. The Labute approximate surface area is 102 Å². The minimum Gasteiger partial charge on any atom is -0.480 e. The van der Waals surface area contributed by atoms with Gasteiger partial charge in [0.25, 0.3) is 0 Å². The van der Waals surface area contributed by atoms with Crippen LogP contribution < -0.4 is 10.6 Å². The van der Waals surface area contributed by atoms with Gasteiger partial charge in [0, 0.05) is 19.4 Å². The summed E-state index contributed by atoms with van der Waals surface area (Å²) in [6.45, 7) is -0.201. The van der Waals surface area contributed by atoms with Gasteiger partial charge in [-0.1, -0.05) is 0 Å². The highest BCUT2D eigenvalue weighted by Gasteiger charge is 2.26. The lowest BCUT2D eigenvalue weighted by Gasteiger charge is -2.13. The van der Waals surface area contributed by atoms with Gasteiger partial charge in [-0.05, 0) is 6.42 Å². The number of amides is 2. The minimum atomic E-state index is -4.27. The van der Waals surface area contributed by atoms with Crippen LogP contribution >= 0.6 is 0 Å². The number of carboxylic acid groups (broad SMARTS) is 1. The SMILES string of the molecule is C#CCC(NC(=O)NCCCC(F)(F)F)C(=O)O. The molecule has 0 fully saturated rings. The van der Waals surface area contributed by atoms with Crippen molar-refractivity contribution in [3.05, 3.63) is 0 Å². The fourth-order valence-corrected chi connectivity index (χ4v) is 1.02. The summed E-state index contributed by atoms with van der Waals surface area (Å²) >= 11 is 0. The summed E-state index contributed by atoms with van der Waals surface area (Å²) in [4.78, 5) is 21.7. The molecule has 0 aromatic rings. The highest BCUT2D eigenvalue weighted by atomic mass is 19.4. The van der Waals surface area contributed by atoms with Crippen molar-refractivity contribution < 1.29 is 27.9 Å². The van der Waals surface area contributed by atoms with Crippen LogP contribution in [0.1, 0.15) is 19.3 Å². The number of alkyl halides is 3. The molecular weight excluding hydrogens is 253 g/mol. The van der Waals surface area contributed by atoms with E-state index in [2.05, 4.69) is 11.2 Å². The van der Waals surface area contributed by atoms with Crippen molar-refractivity contribution in [1.29, 1.82) is 0 Å². The molecule has 0 aromatic carbocycles. The van der Waals surface area contributed by atoms with Crippen LogP contribution in [0.4, 0.5) is 18.0 Å². The molecule has 1 atom stereocenters. The van der Waals surface area contributed by atoms with Crippen LogP contribution in [0.2, 0.25) is 0 Å². The van der Waals surface area contributed by atoms with E-state index in [1.165, 1.54) is 0 Å². The quantitative estimate of drug-likeness (QED) is 0.497. The summed E-state index contributed by atoms with van der Waals surface area (Å²) < 4.78 is 35.3. The van der Waals surface area contributed by atoms with Crippen LogP contribution in [0.5, 0.6) is 0 Å². The van der Waals surface area contributed by atoms with Gasteiger partial charge in [-0.25, -0.2) is 9.59 Å². The van der Waals surface area contributed by atoms with E-state index in [9.17, 15) is 22.8 Å². The summed E-state index contributed by atoms with van der Waals surface area (Å²) in [7, 11) is 0. The zero-order chi connectivity index (χ0) is 14.2. The number of carboxylic acids is 1. The second-order valence-electron chi connectivity index (χ2n) is 3.42. The molecule has 18 heavy (non-hydrogen) atoms. The minimum absolute atomic E-state index is 0.201. The smallest absolute Gasteiger partial charge is 0.389 e. The molecule has 0 radical (unpaired) electrons. The molecule has 0 aromatic heterocycles. The molecule has 0 rings (SSSR count). The Morgan fingerprint density at radius 2 is 2.00 bits per heavy atom. The molecule has 0 aliphatic rings. The molecule has 102 valence electrons. The molecule has 3 N–H and O–H groups in total. The van der Waals surface area contributed by atoms with Crippen molar-refractivity contribution in [2.24, 2.45) is 0 Å². The molecule has 0 aliphatic heterocycles. The first-order valence-corrected chi connectivity index (χ1v) is 5.03. The second-order valence-corrected chi connectivity index (χ2v) is 3.42. The van der Waals surface area contributed by atoms with E-state index in [-0.39, 0.29) is 19.4 Å². The first-order valence-electron chi connectivity index (χ1n) is 5.03. The summed E-state index contributed by atoms with van der Waals surface area (Å²) in [6, 6.07) is -2.11. The van der Waals surface area contributed by atoms with Gasteiger partial charge in [-0.15, -0.1) is 12.3 Å². The van der Waals surface area contributed by atoms with E-state index in [0.29, 0.717) is 0 Å². The Balaban J connectivity index is 3.90. The largest absolute Gasteiger partial charge is 0.480 e. The second kappa shape index (κ2) is 7.42. The summed E-state index contributed by atoms with van der Waals surface area (Å²) in [5.74, 6) is 0.763. The number of rotatable bonds is 6. The van der Waals surface area contributed by atoms with Gasteiger partial charge >= 0.3 is 18.2 Å². The van der Waals surface area contributed by atoms with Crippen molar-refractivity contribution in [1.82, 2.24) is 10.6 Å². The van der Waals surface area contributed by atoms with Crippen LogP contribution in [0.15, 0.2) is 0 Å². The first kappa shape index (κ1) is 16.1. The zero-order valence-electron chi connectivity index (χ0n) is 9.38. The van der Waals surface area contributed by atoms with Crippen LogP contribution in [0.3, 0.4) is 0 Å². The third kappa shape index (κ3) is 8.27. The third-order valence-electron chi connectivity index (χ3n) is 1.85. The number of nitrogens with one attached hydrogen (secondary N) is 2. The fourth-order valence-electron chi connectivity index (χ4n) is 1.02. The van der Waals surface area contributed by atoms with E-state index in [4.69, 9.17) is 11.5 Å². The van der Waals surface area contributed by atoms with E-state index < -0.39 is 30.6 Å². The molecule has 0 bridgehead atoms. The lowest BCUT2D eigenvalue weighted by molar-refractivity contribution is -0.139. The predicted molar refractivity (Wildman–Crippen MR) is 56.7 cm³/mol. The maximum absolute atomic E-state index is 11.8. The van der Waals surface area contributed by atoms with Gasteiger partial charge in [0.2, 0.25) is 0 Å². The van der Waals surface area contributed by atoms with Gasteiger partial charge in [-0.3, -0.25) is 0 Å². The Kier molecular flexibility index (Phi) is 6.63. The lowest BCUT2D eigenvalue weighted by Crippen LogP contribution is -2.46. The number of carbonyl (C=O) groups is 2. The molecule has 0 heterocycles. The number of hydrogen-bond acceptors (Lipinski definition) is 2. The standard InChI is InChI=1S/C10H13F3N2O3/c1-2-4-7(8(16)17)15-9(18)14-6-3-5-10(11,12)13/h1,7H,3-6H2,(H,16,17)(H2,14,15,18). The first-order chi connectivity index (χ1) is 8.26. The van der Waals surface area contributed by atoms with E-state index in [1.54, 1.807) is 0 Å². The van der Waals surface area contributed by atoms with Crippen LogP contribution in [0.25, 0.3) is 0 Å². The average Bonchev–Trinajstić information content (AvgIpc) is 2.22. The number of halogens is 3. The van der Waals surface area contributed by atoms with E-state index in [1.807, 2.05) is 5.32 Å². The lowest BCUT2D eigenvalue weighted by atomic mass is 10.2. The topological polar surface area (TPSA) is 78.4 Å². The number of carbonyl (C=O) groups excluding carboxylic acids is 1. The van der Waals surface area contributed by atoms with Crippen molar-refractivity contribution in [2.45, 2.75) is 31.5 Å². The van der Waals surface area contributed by atoms with Gasteiger partial charge in [0.1, 0.15) is 6.04 Å². The van der Waals surface area contributed by atoms with E-state index >= 15 is 0 Å². The number of hydrogen-bond donors (Lipinski definition) is 3. The molecular formula is C10H13F3N2O3. The third-order valence-corrected chi connectivity index (χ3v) is 1.85. The predicted octanol–water partition coefficient (Wildman–Crippen LogP) is 1.10. The summed E-state index contributed by atoms with van der Waals surface area (Å²) in [6.07, 6.45) is -0.861. The molecule has 0 aliphatic carbocycles. The van der Waals surface area contributed by atoms with Gasteiger partial charge < -0.3 is 15.7 Å². The molecule has 0 spiro atoms. The van der Waals surface area contributed by atoms with Gasteiger partial charge in [-0.2, -0.15) is 13.2 Å².